The first kappa shape index (κ1) is 20.9. The minimum atomic E-state index is -0.934. The number of halogens is 1. The maximum Gasteiger partial charge on any atom is 0.335 e. The van der Waals surface area contributed by atoms with Gasteiger partial charge in [-0.05, 0) is 93.6 Å². The zero-order chi connectivity index (χ0) is 20.7. The number of carboxylic acid groups (broad SMARTS) is 1. The van der Waals surface area contributed by atoms with Crippen LogP contribution < -0.4 is 4.74 Å². The molecule has 0 spiro atoms. The minimum absolute atomic E-state index is 0.171. The number of allylic oxidation sites excluding steroid dienone is 1. The van der Waals surface area contributed by atoms with Gasteiger partial charge >= 0.3 is 5.97 Å². The topological polar surface area (TPSA) is 46.5 Å². The second kappa shape index (κ2) is 7.54. The molecule has 0 heterocycles. The van der Waals surface area contributed by atoms with E-state index < -0.39 is 5.97 Å². The number of carboxylic acids is 1. The lowest BCUT2D eigenvalue weighted by Gasteiger charge is -2.42. The van der Waals surface area contributed by atoms with Crippen LogP contribution in [0, 0.1) is 3.57 Å². The molecule has 0 fully saturated rings. The summed E-state index contributed by atoms with van der Waals surface area (Å²) in [5, 5.41) is 9.09. The molecule has 1 N–H and O–H groups in total. The zero-order valence-electron chi connectivity index (χ0n) is 17.1. The number of hydrogen-bond acceptors (Lipinski definition) is 2. The van der Waals surface area contributed by atoms with Crippen molar-refractivity contribution < 1.29 is 14.6 Å². The van der Waals surface area contributed by atoms with Gasteiger partial charge in [0.2, 0.25) is 0 Å². The molecule has 4 heteroatoms. The Morgan fingerprint density at radius 3 is 2.21 bits per heavy atom. The van der Waals surface area contributed by atoms with Gasteiger partial charge in [0.15, 0.2) is 0 Å². The molecular weight excluding hydrogens is 463 g/mol. The highest BCUT2D eigenvalue weighted by atomic mass is 127. The molecule has 0 unspecified atom stereocenters. The van der Waals surface area contributed by atoms with Crippen molar-refractivity contribution in [2.45, 2.75) is 58.3 Å². The van der Waals surface area contributed by atoms with E-state index in [1.807, 2.05) is 6.92 Å². The Labute approximate surface area is 181 Å². The van der Waals surface area contributed by atoms with Crippen LogP contribution in [0.2, 0.25) is 0 Å². The SMILES string of the molecule is CC(=COc1ccc(C(=O)O)cc1I)c1ccc2c(c1)C(C)(C)CCC2(C)C. The third-order valence-corrected chi connectivity index (χ3v) is 6.69. The fourth-order valence-electron chi connectivity index (χ4n) is 3.78. The number of aromatic carboxylic acids is 1. The number of benzene rings is 2. The lowest BCUT2D eigenvalue weighted by molar-refractivity contribution is 0.0697. The highest BCUT2D eigenvalue weighted by molar-refractivity contribution is 14.1. The van der Waals surface area contributed by atoms with Gasteiger partial charge in [0, 0.05) is 0 Å². The predicted octanol–water partition coefficient (Wildman–Crippen LogP) is 6.78. The van der Waals surface area contributed by atoms with Crippen molar-refractivity contribution in [2.75, 3.05) is 0 Å². The third kappa shape index (κ3) is 4.12. The van der Waals surface area contributed by atoms with E-state index in [1.165, 1.54) is 24.0 Å². The van der Waals surface area contributed by atoms with Gasteiger partial charge in [0.1, 0.15) is 5.75 Å². The summed E-state index contributed by atoms with van der Waals surface area (Å²) in [5.41, 5.74) is 5.71. The summed E-state index contributed by atoms with van der Waals surface area (Å²) >= 11 is 2.10. The average molecular weight is 490 g/mol. The average Bonchev–Trinajstić information content (AvgIpc) is 2.64. The van der Waals surface area contributed by atoms with Crippen LogP contribution in [0.3, 0.4) is 0 Å². The fraction of sp³-hybridized carbons (Fsp3) is 0.375. The van der Waals surface area contributed by atoms with Gasteiger partial charge in [-0.25, -0.2) is 4.79 Å². The van der Waals surface area contributed by atoms with Gasteiger partial charge in [-0.2, -0.15) is 0 Å². The molecule has 1 aliphatic rings. The Hall–Kier alpha value is -1.82. The van der Waals surface area contributed by atoms with Gasteiger partial charge in [0.25, 0.3) is 0 Å². The molecule has 1 aliphatic carbocycles. The first-order valence-corrected chi connectivity index (χ1v) is 10.6. The second-order valence-electron chi connectivity index (χ2n) is 8.90. The van der Waals surface area contributed by atoms with Crippen LogP contribution in [0.15, 0.2) is 42.7 Å². The van der Waals surface area contributed by atoms with E-state index in [4.69, 9.17) is 9.84 Å². The summed E-state index contributed by atoms with van der Waals surface area (Å²) in [5.74, 6) is -0.278. The van der Waals surface area contributed by atoms with Gasteiger partial charge in [-0.1, -0.05) is 45.9 Å². The summed E-state index contributed by atoms with van der Waals surface area (Å²) in [7, 11) is 0. The van der Waals surface area contributed by atoms with Crippen LogP contribution in [0.1, 0.15) is 74.5 Å². The normalized spacial score (nSPS) is 17.7. The highest BCUT2D eigenvalue weighted by Gasteiger charge is 2.36. The van der Waals surface area contributed by atoms with E-state index in [0.717, 1.165) is 14.7 Å². The van der Waals surface area contributed by atoms with E-state index in [-0.39, 0.29) is 16.4 Å². The molecule has 28 heavy (non-hydrogen) atoms. The van der Waals surface area contributed by atoms with Crippen molar-refractivity contribution in [3.8, 4) is 5.75 Å². The van der Waals surface area contributed by atoms with Gasteiger partial charge in [-0.15, -0.1) is 0 Å². The largest absolute Gasteiger partial charge is 0.478 e. The molecule has 0 aromatic heterocycles. The van der Waals surface area contributed by atoms with E-state index in [1.54, 1.807) is 24.5 Å². The number of ether oxygens (including phenoxy) is 1. The number of hydrogen-bond donors (Lipinski definition) is 1. The third-order valence-electron chi connectivity index (χ3n) is 5.85. The molecule has 3 rings (SSSR count). The summed E-state index contributed by atoms with van der Waals surface area (Å²) in [6.07, 6.45) is 4.14. The van der Waals surface area contributed by atoms with Crippen molar-refractivity contribution >= 4 is 34.1 Å². The Balaban J connectivity index is 1.89. The Morgan fingerprint density at radius 1 is 1.00 bits per heavy atom. The van der Waals surface area contributed by atoms with E-state index in [2.05, 4.69) is 68.5 Å². The molecule has 0 amide bonds. The monoisotopic (exact) mass is 490 g/mol. The molecule has 0 radical (unpaired) electrons. The maximum atomic E-state index is 11.1. The van der Waals surface area contributed by atoms with Crippen molar-refractivity contribution in [2.24, 2.45) is 0 Å². The first-order chi connectivity index (χ1) is 13.0. The summed E-state index contributed by atoms with van der Waals surface area (Å²) < 4.78 is 6.64. The Bertz CT molecular complexity index is 954. The molecule has 0 atom stereocenters. The molecular formula is C24H27IO3. The number of rotatable bonds is 4. The van der Waals surface area contributed by atoms with Crippen LogP contribution in [-0.2, 0) is 10.8 Å². The zero-order valence-corrected chi connectivity index (χ0v) is 19.3. The van der Waals surface area contributed by atoms with Crippen LogP contribution in [0.5, 0.6) is 5.75 Å². The number of carbonyl (C=O) groups is 1. The summed E-state index contributed by atoms with van der Waals surface area (Å²) in [4.78, 5) is 11.1. The van der Waals surface area contributed by atoms with Gasteiger partial charge < -0.3 is 9.84 Å². The smallest absolute Gasteiger partial charge is 0.335 e. The van der Waals surface area contributed by atoms with Crippen LogP contribution in [0.25, 0.3) is 5.57 Å². The minimum Gasteiger partial charge on any atom is -0.478 e. The van der Waals surface area contributed by atoms with E-state index in [0.29, 0.717) is 5.75 Å². The van der Waals surface area contributed by atoms with Gasteiger partial charge in [0.05, 0.1) is 15.4 Å². The quantitative estimate of drug-likeness (QED) is 0.380. The molecule has 0 bridgehead atoms. The molecule has 0 saturated carbocycles. The van der Waals surface area contributed by atoms with Crippen molar-refractivity contribution in [1.82, 2.24) is 0 Å². The molecule has 148 valence electrons. The summed E-state index contributed by atoms with van der Waals surface area (Å²) in [6.45, 7) is 11.4. The fourth-order valence-corrected chi connectivity index (χ4v) is 4.43. The molecule has 3 nitrogen and oxygen atoms in total. The van der Waals surface area contributed by atoms with Gasteiger partial charge in [-0.3, -0.25) is 0 Å². The second-order valence-corrected chi connectivity index (χ2v) is 10.1. The lowest BCUT2D eigenvalue weighted by atomic mass is 9.63. The first-order valence-electron chi connectivity index (χ1n) is 9.53. The molecule has 2 aromatic rings. The van der Waals surface area contributed by atoms with Crippen LogP contribution >= 0.6 is 22.6 Å². The Morgan fingerprint density at radius 2 is 1.61 bits per heavy atom. The van der Waals surface area contributed by atoms with Crippen LogP contribution in [-0.4, -0.2) is 11.1 Å². The Kier molecular flexibility index (Phi) is 5.63. The molecule has 0 saturated heterocycles. The predicted molar refractivity (Wildman–Crippen MR) is 122 cm³/mol. The molecule has 2 aromatic carbocycles. The standard InChI is InChI=1S/C24H27IO3/c1-15(14-28-21-9-7-17(22(26)27)13-20(21)25)16-6-8-18-19(12-16)24(4,5)11-10-23(18,2)3/h6-9,12-14H,10-11H2,1-5H3,(H,26,27). The lowest BCUT2D eigenvalue weighted by Crippen LogP contribution is -2.33. The highest BCUT2D eigenvalue weighted by Crippen LogP contribution is 2.46. The van der Waals surface area contributed by atoms with Crippen molar-refractivity contribution in [3.63, 3.8) is 0 Å². The van der Waals surface area contributed by atoms with E-state index in [9.17, 15) is 4.79 Å². The van der Waals surface area contributed by atoms with E-state index >= 15 is 0 Å². The van der Waals surface area contributed by atoms with Crippen LogP contribution in [0.4, 0.5) is 0 Å². The molecule has 0 aliphatic heterocycles. The van der Waals surface area contributed by atoms with Crippen molar-refractivity contribution in [1.29, 1.82) is 0 Å². The summed E-state index contributed by atoms with van der Waals surface area (Å²) in [6, 6.07) is 11.6. The number of fused-ring (bicyclic) bond motifs is 1. The maximum absolute atomic E-state index is 11.1. The van der Waals surface area contributed by atoms with Crippen molar-refractivity contribution in [3.05, 3.63) is 68.5 Å².